The summed E-state index contributed by atoms with van der Waals surface area (Å²) in [4.78, 5) is 4.30. The highest BCUT2D eigenvalue weighted by Crippen LogP contribution is 2.21. The molecule has 4 heteroatoms. The molecule has 0 aliphatic heterocycles. The zero-order chi connectivity index (χ0) is 12.9. The van der Waals surface area contributed by atoms with E-state index in [0.717, 1.165) is 24.4 Å². The van der Waals surface area contributed by atoms with Crippen molar-refractivity contribution in [3.05, 3.63) is 16.6 Å². The Morgan fingerprint density at radius 3 is 2.71 bits per heavy atom. The van der Waals surface area contributed by atoms with Crippen molar-refractivity contribution in [2.24, 2.45) is 11.1 Å². The first-order valence-electron chi connectivity index (χ1n) is 6.27. The van der Waals surface area contributed by atoms with Crippen molar-refractivity contribution in [2.75, 3.05) is 6.54 Å². The molecule has 0 radical (unpaired) electrons. The van der Waals surface area contributed by atoms with Crippen LogP contribution in [-0.2, 0) is 0 Å². The van der Waals surface area contributed by atoms with Crippen LogP contribution in [0.3, 0.4) is 0 Å². The van der Waals surface area contributed by atoms with Crippen LogP contribution in [0.15, 0.2) is 11.6 Å². The van der Waals surface area contributed by atoms with E-state index in [0.29, 0.717) is 11.5 Å². The number of nitrogens with one attached hydrogen (secondary N) is 1. The van der Waals surface area contributed by atoms with Crippen LogP contribution in [0, 0.1) is 5.41 Å². The van der Waals surface area contributed by atoms with E-state index in [4.69, 9.17) is 5.73 Å². The highest BCUT2D eigenvalue weighted by atomic mass is 32.1. The summed E-state index contributed by atoms with van der Waals surface area (Å²) in [5, 5.41) is 6.63. The van der Waals surface area contributed by atoms with Gasteiger partial charge in [0, 0.05) is 17.6 Å². The Kier molecular flexibility index (Phi) is 5.56. The lowest BCUT2D eigenvalue weighted by Gasteiger charge is -2.23. The molecule has 0 spiro atoms. The topological polar surface area (TPSA) is 50.9 Å². The second-order valence-electron chi connectivity index (χ2n) is 5.86. The molecule has 1 aromatic heterocycles. The largest absolute Gasteiger partial charge is 0.328 e. The molecule has 3 N–H and O–H groups in total. The standard InChI is InChI=1S/C13H25N3S/c1-10(12-16-7-8-17-12)15-6-5-11(14)9-13(2,3)4/h7-8,10-11,15H,5-6,9,14H2,1-4H3. The van der Waals surface area contributed by atoms with Gasteiger partial charge in [0.2, 0.25) is 0 Å². The van der Waals surface area contributed by atoms with Crippen LogP contribution < -0.4 is 11.1 Å². The monoisotopic (exact) mass is 255 g/mol. The normalized spacial score (nSPS) is 15.8. The third-order valence-corrected chi connectivity index (χ3v) is 3.62. The van der Waals surface area contributed by atoms with Crippen LogP contribution in [-0.4, -0.2) is 17.6 Å². The lowest BCUT2D eigenvalue weighted by atomic mass is 9.87. The summed E-state index contributed by atoms with van der Waals surface area (Å²) in [6, 6.07) is 0.614. The maximum Gasteiger partial charge on any atom is 0.109 e. The molecule has 0 saturated heterocycles. The van der Waals surface area contributed by atoms with E-state index in [1.807, 2.05) is 11.6 Å². The quantitative estimate of drug-likeness (QED) is 0.821. The number of nitrogens with two attached hydrogens (primary N) is 1. The van der Waals surface area contributed by atoms with Crippen molar-refractivity contribution in [1.29, 1.82) is 0 Å². The Bertz CT molecular complexity index is 303. The molecule has 98 valence electrons. The van der Waals surface area contributed by atoms with Gasteiger partial charge in [-0.25, -0.2) is 4.98 Å². The fourth-order valence-corrected chi connectivity index (χ4v) is 2.58. The Labute approximate surface area is 109 Å². The lowest BCUT2D eigenvalue weighted by molar-refractivity contribution is 0.327. The summed E-state index contributed by atoms with van der Waals surface area (Å²) < 4.78 is 0. The first kappa shape index (κ1) is 14.6. The molecule has 0 aromatic carbocycles. The summed E-state index contributed by atoms with van der Waals surface area (Å²) in [5.41, 5.74) is 6.43. The molecule has 0 amide bonds. The van der Waals surface area contributed by atoms with E-state index in [1.54, 1.807) is 11.3 Å². The first-order chi connectivity index (χ1) is 7.88. The third kappa shape index (κ3) is 6.15. The van der Waals surface area contributed by atoms with E-state index >= 15 is 0 Å². The molecular formula is C13H25N3S. The molecule has 1 rings (SSSR count). The van der Waals surface area contributed by atoms with E-state index in [1.165, 1.54) is 0 Å². The fraction of sp³-hybridized carbons (Fsp3) is 0.769. The molecule has 0 bridgehead atoms. The zero-order valence-electron chi connectivity index (χ0n) is 11.4. The molecule has 1 aromatic rings. The Balaban J connectivity index is 2.19. The molecular weight excluding hydrogens is 230 g/mol. The van der Waals surface area contributed by atoms with Crippen molar-refractivity contribution < 1.29 is 0 Å². The van der Waals surface area contributed by atoms with E-state index in [-0.39, 0.29) is 6.04 Å². The van der Waals surface area contributed by atoms with Crippen molar-refractivity contribution in [1.82, 2.24) is 10.3 Å². The van der Waals surface area contributed by atoms with Crippen LogP contribution in [0.5, 0.6) is 0 Å². The second kappa shape index (κ2) is 6.47. The van der Waals surface area contributed by atoms with E-state index < -0.39 is 0 Å². The first-order valence-corrected chi connectivity index (χ1v) is 7.15. The minimum Gasteiger partial charge on any atom is -0.328 e. The SMILES string of the molecule is CC(NCCC(N)CC(C)(C)C)c1nccs1. The summed E-state index contributed by atoms with van der Waals surface area (Å²) in [6.07, 6.45) is 3.94. The van der Waals surface area contributed by atoms with Crippen LogP contribution in [0.25, 0.3) is 0 Å². The molecule has 2 unspecified atom stereocenters. The van der Waals surface area contributed by atoms with Gasteiger partial charge in [-0.05, 0) is 31.7 Å². The number of rotatable bonds is 6. The number of hydrogen-bond acceptors (Lipinski definition) is 4. The second-order valence-corrected chi connectivity index (χ2v) is 6.79. The van der Waals surface area contributed by atoms with Gasteiger partial charge < -0.3 is 11.1 Å². The number of aromatic nitrogens is 1. The minimum absolute atomic E-state index is 0.283. The van der Waals surface area contributed by atoms with Gasteiger partial charge in [0.25, 0.3) is 0 Å². The van der Waals surface area contributed by atoms with Crippen LogP contribution in [0.4, 0.5) is 0 Å². The predicted molar refractivity (Wildman–Crippen MR) is 75.2 cm³/mol. The average molecular weight is 255 g/mol. The van der Waals surface area contributed by atoms with E-state index in [2.05, 4.69) is 38.0 Å². The van der Waals surface area contributed by atoms with Crippen LogP contribution in [0.2, 0.25) is 0 Å². The molecule has 3 nitrogen and oxygen atoms in total. The molecule has 0 saturated carbocycles. The highest BCUT2D eigenvalue weighted by Gasteiger charge is 2.15. The van der Waals surface area contributed by atoms with E-state index in [9.17, 15) is 0 Å². The molecule has 2 atom stereocenters. The van der Waals surface area contributed by atoms with Gasteiger partial charge in [0.15, 0.2) is 0 Å². The van der Waals surface area contributed by atoms with Gasteiger partial charge in [-0.3, -0.25) is 0 Å². The number of nitrogens with zero attached hydrogens (tertiary/aromatic N) is 1. The van der Waals surface area contributed by atoms with Gasteiger partial charge in [0.1, 0.15) is 5.01 Å². The molecule has 0 aliphatic rings. The number of thiazole rings is 1. The lowest BCUT2D eigenvalue weighted by Crippen LogP contribution is -2.31. The van der Waals surface area contributed by atoms with Gasteiger partial charge in [0.05, 0.1) is 6.04 Å². The minimum atomic E-state index is 0.283. The summed E-state index contributed by atoms with van der Waals surface area (Å²) in [6.45, 7) is 9.81. The van der Waals surface area contributed by atoms with Gasteiger partial charge in [-0.1, -0.05) is 20.8 Å². The molecule has 0 fully saturated rings. The zero-order valence-corrected chi connectivity index (χ0v) is 12.2. The maximum absolute atomic E-state index is 6.11. The highest BCUT2D eigenvalue weighted by molar-refractivity contribution is 7.09. The Morgan fingerprint density at radius 1 is 1.47 bits per heavy atom. The van der Waals surface area contributed by atoms with Gasteiger partial charge in [-0.15, -0.1) is 11.3 Å². The molecule has 0 aliphatic carbocycles. The van der Waals surface area contributed by atoms with Crippen molar-refractivity contribution in [3.63, 3.8) is 0 Å². The van der Waals surface area contributed by atoms with Gasteiger partial charge in [-0.2, -0.15) is 0 Å². The molecule has 17 heavy (non-hydrogen) atoms. The summed E-state index contributed by atoms with van der Waals surface area (Å²) in [7, 11) is 0. The van der Waals surface area contributed by atoms with Crippen LogP contribution in [0.1, 0.15) is 51.6 Å². The molecule has 1 heterocycles. The van der Waals surface area contributed by atoms with Crippen LogP contribution >= 0.6 is 11.3 Å². The number of hydrogen-bond donors (Lipinski definition) is 2. The third-order valence-electron chi connectivity index (χ3n) is 2.66. The predicted octanol–water partition coefficient (Wildman–Crippen LogP) is 2.95. The Morgan fingerprint density at radius 2 is 2.18 bits per heavy atom. The average Bonchev–Trinajstić information content (AvgIpc) is 2.66. The van der Waals surface area contributed by atoms with Crippen molar-refractivity contribution in [2.45, 2.75) is 52.6 Å². The smallest absolute Gasteiger partial charge is 0.109 e. The maximum atomic E-state index is 6.11. The fourth-order valence-electron chi connectivity index (χ4n) is 1.91. The van der Waals surface area contributed by atoms with Crippen molar-refractivity contribution in [3.8, 4) is 0 Å². The summed E-state index contributed by atoms with van der Waals surface area (Å²) in [5.74, 6) is 0. The van der Waals surface area contributed by atoms with Crippen molar-refractivity contribution >= 4 is 11.3 Å². The van der Waals surface area contributed by atoms with Gasteiger partial charge >= 0.3 is 0 Å². The summed E-state index contributed by atoms with van der Waals surface area (Å²) >= 11 is 1.70. The Hall–Kier alpha value is -0.450.